The Morgan fingerprint density at radius 1 is 1.33 bits per heavy atom. The molecule has 0 aromatic heterocycles. The first-order valence-electron chi connectivity index (χ1n) is 6.22. The molecule has 0 aromatic carbocycles. The van der Waals surface area contributed by atoms with Crippen LogP contribution in [-0.4, -0.2) is 44.0 Å². The van der Waals surface area contributed by atoms with Gasteiger partial charge < -0.3 is 9.84 Å². The van der Waals surface area contributed by atoms with E-state index in [-0.39, 0.29) is 13.2 Å². The summed E-state index contributed by atoms with van der Waals surface area (Å²) in [6.45, 7) is 1.73. The van der Waals surface area contributed by atoms with E-state index in [1.54, 1.807) is 6.92 Å². The van der Waals surface area contributed by atoms with E-state index in [2.05, 4.69) is 9.46 Å². The molecule has 0 unspecified atom stereocenters. The first kappa shape index (κ1) is 15.4. The van der Waals surface area contributed by atoms with E-state index in [0.29, 0.717) is 12.8 Å². The number of ether oxygens (including phenoxy) is 1. The Hall–Kier alpha value is -0.660. The summed E-state index contributed by atoms with van der Waals surface area (Å²) in [4.78, 5) is 11.1. The Bertz CT molecular complexity index is 373. The first-order chi connectivity index (χ1) is 8.37. The van der Waals surface area contributed by atoms with Crippen molar-refractivity contribution < 1.29 is 23.1 Å². The molecule has 0 saturated heterocycles. The normalized spacial score (nSPS) is 19.4. The van der Waals surface area contributed by atoms with Gasteiger partial charge in [-0.2, -0.15) is 0 Å². The molecule has 0 spiro atoms. The number of nitrogens with one attached hydrogen (secondary N) is 1. The number of sulfonamides is 1. The summed E-state index contributed by atoms with van der Waals surface area (Å²) in [6, 6.07) is 0. The molecule has 0 amide bonds. The van der Waals surface area contributed by atoms with E-state index in [1.165, 1.54) is 0 Å². The van der Waals surface area contributed by atoms with Gasteiger partial charge in [-0.15, -0.1) is 0 Å². The molecule has 18 heavy (non-hydrogen) atoms. The molecule has 1 fully saturated rings. The molecular weight excluding hydrogens is 258 g/mol. The molecule has 0 atom stereocenters. The van der Waals surface area contributed by atoms with E-state index in [0.717, 1.165) is 19.3 Å². The molecule has 7 heteroatoms. The predicted molar refractivity (Wildman–Crippen MR) is 66.5 cm³/mol. The molecule has 0 aliphatic heterocycles. The van der Waals surface area contributed by atoms with Crippen LogP contribution in [-0.2, 0) is 19.6 Å². The molecule has 0 aromatic rings. The lowest BCUT2D eigenvalue weighted by atomic mass is 9.85. The Labute approximate surface area is 108 Å². The Balaban J connectivity index is 2.43. The Morgan fingerprint density at radius 3 is 2.50 bits per heavy atom. The van der Waals surface area contributed by atoms with Crippen molar-refractivity contribution in [3.05, 3.63) is 0 Å². The largest absolute Gasteiger partial charge is 0.465 e. The number of carbonyl (C=O) groups excluding carboxylic acids is 1. The maximum Gasteiger partial charge on any atom is 0.322 e. The van der Waals surface area contributed by atoms with Crippen molar-refractivity contribution in [2.24, 2.45) is 0 Å². The average Bonchev–Trinajstić information content (AvgIpc) is 2.27. The number of hydrogen-bond donors (Lipinski definition) is 2. The standard InChI is InChI=1S/C11H21NO5S/c1-2-17-10(13)8-18(15,16)12-9-11(14)6-4-3-5-7-11/h12,14H,2-9H2,1H3. The predicted octanol–water partition coefficient (Wildman–Crippen LogP) is 0.164. The maximum atomic E-state index is 11.6. The highest BCUT2D eigenvalue weighted by Crippen LogP contribution is 2.27. The number of hydrogen-bond acceptors (Lipinski definition) is 5. The third-order valence-corrected chi connectivity index (χ3v) is 4.22. The van der Waals surface area contributed by atoms with Crippen molar-refractivity contribution in [2.75, 3.05) is 18.9 Å². The highest BCUT2D eigenvalue weighted by atomic mass is 32.2. The zero-order valence-electron chi connectivity index (χ0n) is 10.6. The van der Waals surface area contributed by atoms with Gasteiger partial charge in [0.25, 0.3) is 0 Å². The van der Waals surface area contributed by atoms with Gasteiger partial charge in [0, 0.05) is 6.54 Å². The van der Waals surface area contributed by atoms with Crippen LogP contribution in [0.4, 0.5) is 0 Å². The van der Waals surface area contributed by atoms with Gasteiger partial charge in [-0.25, -0.2) is 13.1 Å². The monoisotopic (exact) mass is 279 g/mol. The molecule has 106 valence electrons. The number of esters is 1. The molecule has 2 N–H and O–H groups in total. The zero-order chi connectivity index (χ0) is 13.6. The third kappa shape index (κ3) is 5.32. The van der Waals surface area contributed by atoms with E-state index in [4.69, 9.17) is 0 Å². The van der Waals surface area contributed by atoms with Gasteiger partial charge in [0.2, 0.25) is 10.0 Å². The smallest absolute Gasteiger partial charge is 0.322 e. The van der Waals surface area contributed by atoms with Crippen LogP contribution >= 0.6 is 0 Å². The lowest BCUT2D eigenvalue weighted by molar-refractivity contribution is -0.139. The van der Waals surface area contributed by atoms with Gasteiger partial charge in [-0.3, -0.25) is 4.79 Å². The lowest BCUT2D eigenvalue weighted by Gasteiger charge is -2.31. The molecular formula is C11H21NO5S. The fraction of sp³-hybridized carbons (Fsp3) is 0.909. The Morgan fingerprint density at radius 2 is 1.94 bits per heavy atom. The molecule has 1 rings (SSSR count). The third-order valence-electron chi connectivity index (χ3n) is 3.02. The second-order valence-electron chi connectivity index (χ2n) is 4.67. The SMILES string of the molecule is CCOC(=O)CS(=O)(=O)NCC1(O)CCCCC1. The fourth-order valence-corrected chi connectivity index (χ4v) is 3.02. The number of rotatable bonds is 6. The first-order valence-corrected chi connectivity index (χ1v) is 7.87. The molecule has 1 aliphatic rings. The molecule has 0 radical (unpaired) electrons. The van der Waals surface area contributed by atoms with E-state index < -0.39 is 27.3 Å². The van der Waals surface area contributed by atoms with Crippen LogP contribution in [0.1, 0.15) is 39.0 Å². The van der Waals surface area contributed by atoms with Crippen molar-refractivity contribution in [3.8, 4) is 0 Å². The summed E-state index contributed by atoms with van der Waals surface area (Å²) in [7, 11) is -3.73. The topological polar surface area (TPSA) is 92.7 Å². The van der Waals surface area contributed by atoms with Crippen LogP contribution < -0.4 is 4.72 Å². The van der Waals surface area contributed by atoms with Crippen molar-refractivity contribution in [3.63, 3.8) is 0 Å². The number of aliphatic hydroxyl groups is 1. The van der Waals surface area contributed by atoms with Crippen molar-refractivity contribution in [1.82, 2.24) is 4.72 Å². The minimum Gasteiger partial charge on any atom is -0.465 e. The van der Waals surface area contributed by atoms with E-state index in [9.17, 15) is 18.3 Å². The van der Waals surface area contributed by atoms with Crippen LogP contribution in [0.2, 0.25) is 0 Å². The van der Waals surface area contributed by atoms with Crippen molar-refractivity contribution >= 4 is 16.0 Å². The van der Waals surface area contributed by atoms with Gasteiger partial charge >= 0.3 is 5.97 Å². The Kier molecular flexibility index (Phi) is 5.55. The summed E-state index contributed by atoms with van der Waals surface area (Å²) in [5.74, 6) is -1.47. The van der Waals surface area contributed by atoms with Crippen LogP contribution in [0.5, 0.6) is 0 Å². The second kappa shape index (κ2) is 6.49. The van der Waals surface area contributed by atoms with Gasteiger partial charge in [-0.05, 0) is 19.8 Å². The van der Waals surface area contributed by atoms with Crippen LogP contribution in [0, 0.1) is 0 Å². The van der Waals surface area contributed by atoms with Crippen LogP contribution in [0.3, 0.4) is 0 Å². The van der Waals surface area contributed by atoms with E-state index in [1.807, 2.05) is 0 Å². The van der Waals surface area contributed by atoms with E-state index >= 15 is 0 Å². The molecule has 0 heterocycles. The highest BCUT2D eigenvalue weighted by molar-refractivity contribution is 7.90. The number of carbonyl (C=O) groups is 1. The van der Waals surface area contributed by atoms with Gasteiger partial charge in [-0.1, -0.05) is 19.3 Å². The summed E-state index contributed by atoms with van der Waals surface area (Å²) in [5.41, 5.74) is -0.972. The highest BCUT2D eigenvalue weighted by Gasteiger charge is 2.31. The van der Waals surface area contributed by atoms with Gasteiger partial charge in [0.05, 0.1) is 12.2 Å². The van der Waals surface area contributed by atoms with Crippen LogP contribution in [0.25, 0.3) is 0 Å². The summed E-state index contributed by atoms with van der Waals surface area (Å²) in [5, 5.41) is 10.1. The van der Waals surface area contributed by atoms with Gasteiger partial charge in [0.1, 0.15) is 0 Å². The molecule has 0 bridgehead atoms. The minimum absolute atomic E-state index is 0.0330. The average molecular weight is 279 g/mol. The van der Waals surface area contributed by atoms with Gasteiger partial charge in [0.15, 0.2) is 5.75 Å². The zero-order valence-corrected chi connectivity index (χ0v) is 11.5. The van der Waals surface area contributed by atoms with Crippen LogP contribution in [0.15, 0.2) is 0 Å². The fourth-order valence-electron chi connectivity index (χ4n) is 2.04. The maximum absolute atomic E-state index is 11.6. The molecule has 6 nitrogen and oxygen atoms in total. The summed E-state index contributed by atoms with van der Waals surface area (Å²) < 4.78 is 30.0. The van der Waals surface area contributed by atoms with Crippen molar-refractivity contribution in [1.29, 1.82) is 0 Å². The lowest BCUT2D eigenvalue weighted by Crippen LogP contribution is -2.45. The quantitative estimate of drug-likeness (QED) is 0.676. The van der Waals surface area contributed by atoms with Crippen molar-refractivity contribution in [2.45, 2.75) is 44.6 Å². The second-order valence-corrected chi connectivity index (χ2v) is 6.48. The summed E-state index contributed by atoms with van der Waals surface area (Å²) in [6.07, 6.45) is 4.05. The minimum atomic E-state index is -3.73. The molecule has 1 aliphatic carbocycles. The molecule has 1 saturated carbocycles. The summed E-state index contributed by atoms with van der Waals surface area (Å²) >= 11 is 0.